The summed E-state index contributed by atoms with van der Waals surface area (Å²) in [5.41, 5.74) is 3.88. The Morgan fingerprint density at radius 2 is 1.83 bits per heavy atom. The highest BCUT2D eigenvalue weighted by atomic mass is 16.3. The summed E-state index contributed by atoms with van der Waals surface area (Å²) in [5, 5.41) is 9.86. The number of aromatic hydroxyl groups is 1. The average molecular weight is 307 g/mol. The van der Waals surface area contributed by atoms with Gasteiger partial charge in [-0.2, -0.15) is 0 Å². The van der Waals surface area contributed by atoms with Gasteiger partial charge in [0.15, 0.2) is 0 Å². The molecular weight excluding hydrogens is 282 g/mol. The highest BCUT2D eigenvalue weighted by Crippen LogP contribution is 2.43. The van der Waals surface area contributed by atoms with Gasteiger partial charge in [-0.15, -0.1) is 0 Å². The number of benzene rings is 2. The predicted molar refractivity (Wildman–Crippen MR) is 96.3 cm³/mol. The van der Waals surface area contributed by atoms with Crippen LogP contribution in [0.1, 0.15) is 36.4 Å². The van der Waals surface area contributed by atoms with E-state index < -0.39 is 0 Å². The second kappa shape index (κ2) is 7.01. The first kappa shape index (κ1) is 15.8. The van der Waals surface area contributed by atoms with E-state index in [4.69, 9.17) is 0 Å². The quantitative estimate of drug-likeness (QED) is 0.870. The van der Waals surface area contributed by atoms with Crippen molar-refractivity contribution in [3.05, 3.63) is 71.8 Å². The second-order valence-electron chi connectivity index (χ2n) is 6.57. The van der Waals surface area contributed by atoms with E-state index in [2.05, 4.69) is 61.5 Å². The maximum absolute atomic E-state index is 9.86. The van der Waals surface area contributed by atoms with Gasteiger partial charge >= 0.3 is 0 Å². The summed E-state index contributed by atoms with van der Waals surface area (Å²) in [6, 6.07) is 18.8. The summed E-state index contributed by atoms with van der Waals surface area (Å²) in [6.45, 7) is 0. The molecule has 2 nitrogen and oxygen atoms in total. The van der Waals surface area contributed by atoms with Crippen LogP contribution in [0.25, 0.3) is 5.57 Å². The summed E-state index contributed by atoms with van der Waals surface area (Å²) in [6.07, 6.45) is 5.89. The molecular formula is C21H25NO. The molecule has 0 bridgehead atoms. The van der Waals surface area contributed by atoms with Gasteiger partial charge < -0.3 is 10.0 Å². The molecule has 0 saturated heterocycles. The van der Waals surface area contributed by atoms with Crippen LogP contribution in [0.2, 0.25) is 0 Å². The highest BCUT2D eigenvalue weighted by molar-refractivity contribution is 5.70. The lowest BCUT2D eigenvalue weighted by Gasteiger charge is -2.36. The number of allylic oxidation sites excluding steroid dienone is 1. The largest absolute Gasteiger partial charge is 0.508 e. The van der Waals surface area contributed by atoms with Crippen LogP contribution in [-0.2, 0) is 0 Å². The maximum atomic E-state index is 9.86. The summed E-state index contributed by atoms with van der Waals surface area (Å²) in [4.78, 5) is 2.32. The molecule has 0 spiro atoms. The van der Waals surface area contributed by atoms with Gasteiger partial charge in [0.05, 0.1) is 0 Å². The molecule has 120 valence electrons. The molecule has 0 aliphatic heterocycles. The molecule has 0 heterocycles. The lowest BCUT2D eigenvalue weighted by molar-refractivity contribution is 0.234. The van der Waals surface area contributed by atoms with Crippen LogP contribution >= 0.6 is 0 Å². The van der Waals surface area contributed by atoms with E-state index in [9.17, 15) is 5.11 Å². The summed E-state index contributed by atoms with van der Waals surface area (Å²) in [5.74, 6) is 0.789. The van der Waals surface area contributed by atoms with Crippen molar-refractivity contribution in [3.8, 4) is 5.75 Å². The zero-order chi connectivity index (χ0) is 16.2. The third kappa shape index (κ3) is 3.48. The Bertz CT molecular complexity index is 675. The molecule has 1 N–H and O–H groups in total. The number of phenolic OH excluding ortho intramolecular Hbond substituents is 1. The van der Waals surface area contributed by atoms with E-state index in [0.717, 1.165) is 12.0 Å². The average Bonchev–Trinajstić information content (AvgIpc) is 2.56. The molecule has 2 unspecified atom stereocenters. The van der Waals surface area contributed by atoms with Crippen molar-refractivity contribution in [2.75, 3.05) is 14.1 Å². The minimum atomic E-state index is 0.342. The van der Waals surface area contributed by atoms with Crippen LogP contribution in [-0.4, -0.2) is 24.1 Å². The Morgan fingerprint density at radius 1 is 1.04 bits per heavy atom. The Kier molecular flexibility index (Phi) is 4.82. The SMILES string of the molecule is CN(C)C(c1ccccc1)C1CCCC=C1c1cccc(O)c1. The zero-order valence-corrected chi connectivity index (χ0v) is 13.9. The molecule has 2 atom stereocenters. The van der Waals surface area contributed by atoms with Gasteiger partial charge in [-0.05, 0) is 62.2 Å². The molecule has 2 aromatic carbocycles. The molecule has 0 radical (unpaired) electrons. The fraction of sp³-hybridized carbons (Fsp3) is 0.333. The first-order valence-corrected chi connectivity index (χ1v) is 8.37. The van der Waals surface area contributed by atoms with Crippen molar-refractivity contribution in [3.63, 3.8) is 0 Å². The molecule has 0 saturated carbocycles. The predicted octanol–water partition coefficient (Wildman–Crippen LogP) is 4.88. The minimum absolute atomic E-state index is 0.342. The Balaban J connectivity index is 2.01. The van der Waals surface area contributed by atoms with Crippen LogP contribution in [0.4, 0.5) is 0 Å². The summed E-state index contributed by atoms with van der Waals surface area (Å²) < 4.78 is 0. The van der Waals surface area contributed by atoms with E-state index in [-0.39, 0.29) is 0 Å². The third-order valence-electron chi connectivity index (χ3n) is 4.74. The van der Waals surface area contributed by atoms with E-state index in [1.165, 1.54) is 24.0 Å². The fourth-order valence-corrected chi connectivity index (χ4v) is 3.79. The number of hydrogen-bond donors (Lipinski definition) is 1. The first-order valence-electron chi connectivity index (χ1n) is 8.37. The lowest BCUT2D eigenvalue weighted by atomic mass is 9.76. The number of nitrogens with zero attached hydrogens (tertiary/aromatic N) is 1. The zero-order valence-electron chi connectivity index (χ0n) is 13.9. The van der Waals surface area contributed by atoms with Crippen LogP contribution in [0, 0.1) is 5.92 Å². The number of rotatable bonds is 4. The molecule has 0 fully saturated rings. The van der Waals surface area contributed by atoms with Gasteiger partial charge in [0.25, 0.3) is 0 Å². The van der Waals surface area contributed by atoms with Crippen molar-refractivity contribution in [2.24, 2.45) is 5.92 Å². The first-order chi connectivity index (χ1) is 11.2. The molecule has 2 heteroatoms. The number of hydrogen-bond acceptors (Lipinski definition) is 2. The van der Waals surface area contributed by atoms with Gasteiger partial charge in [0.2, 0.25) is 0 Å². The third-order valence-corrected chi connectivity index (χ3v) is 4.74. The monoisotopic (exact) mass is 307 g/mol. The molecule has 0 amide bonds. The second-order valence-corrected chi connectivity index (χ2v) is 6.57. The van der Waals surface area contributed by atoms with E-state index in [1.807, 2.05) is 12.1 Å². The maximum Gasteiger partial charge on any atom is 0.116 e. The number of phenols is 1. The smallest absolute Gasteiger partial charge is 0.116 e. The van der Waals surface area contributed by atoms with Gasteiger partial charge in [0, 0.05) is 12.0 Å². The normalized spacial score (nSPS) is 19.4. The topological polar surface area (TPSA) is 23.5 Å². The van der Waals surface area contributed by atoms with E-state index in [0.29, 0.717) is 17.7 Å². The summed E-state index contributed by atoms with van der Waals surface area (Å²) in [7, 11) is 4.32. The van der Waals surface area contributed by atoms with Crippen molar-refractivity contribution >= 4 is 5.57 Å². The Morgan fingerprint density at radius 3 is 2.52 bits per heavy atom. The van der Waals surface area contributed by atoms with Crippen molar-refractivity contribution in [1.82, 2.24) is 4.90 Å². The van der Waals surface area contributed by atoms with Crippen LogP contribution in [0.3, 0.4) is 0 Å². The standard InChI is InChI=1S/C21H25NO/c1-22(2)21(16-9-4-3-5-10-16)20-14-7-6-13-19(20)17-11-8-12-18(23)15-17/h3-5,8-13,15,20-21,23H,6-7,14H2,1-2H3. The Labute approximate surface area is 139 Å². The molecule has 1 aliphatic carbocycles. The molecule has 2 aromatic rings. The molecule has 23 heavy (non-hydrogen) atoms. The molecule has 3 rings (SSSR count). The van der Waals surface area contributed by atoms with Crippen LogP contribution in [0.5, 0.6) is 5.75 Å². The van der Waals surface area contributed by atoms with Crippen LogP contribution in [0.15, 0.2) is 60.7 Å². The van der Waals surface area contributed by atoms with Gasteiger partial charge in [-0.1, -0.05) is 48.5 Å². The van der Waals surface area contributed by atoms with Gasteiger partial charge in [-0.25, -0.2) is 0 Å². The van der Waals surface area contributed by atoms with Crippen LogP contribution < -0.4 is 0 Å². The van der Waals surface area contributed by atoms with Gasteiger partial charge in [-0.3, -0.25) is 0 Å². The highest BCUT2D eigenvalue weighted by Gasteiger charge is 2.30. The Hall–Kier alpha value is -2.06. The molecule has 0 aromatic heterocycles. The fourth-order valence-electron chi connectivity index (χ4n) is 3.79. The lowest BCUT2D eigenvalue weighted by Crippen LogP contribution is -2.29. The summed E-state index contributed by atoms with van der Waals surface area (Å²) >= 11 is 0. The molecule has 1 aliphatic rings. The van der Waals surface area contributed by atoms with Crippen molar-refractivity contribution < 1.29 is 5.11 Å². The van der Waals surface area contributed by atoms with Crippen molar-refractivity contribution in [1.29, 1.82) is 0 Å². The van der Waals surface area contributed by atoms with Gasteiger partial charge in [0.1, 0.15) is 5.75 Å². The van der Waals surface area contributed by atoms with Crippen molar-refractivity contribution in [2.45, 2.75) is 25.3 Å². The minimum Gasteiger partial charge on any atom is -0.508 e. The van der Waals surface area contributed by atoms with E-state index >= 15 is 0 Å². The van der Waals surface area contributed by atoms with E-state index in [1.54, 1.807) is 6.07 Å².